The number of hydrogen-bond donors (Lipinski definition) is 1. The van der Waals surface area contributed by atoms with Gasteiger partial charge < -0.3 is 14.8 Å². The molecule has 148 valence electrons. The zero-order valence-electron chi connectivity index (χ0n) is 16.9. The van der Waals surface area contributed by atoms with Gasteiger partial charge in [-0.15, -0.1) is 11.3 Å². The van der Waals surface area contributed by atoms with E-state index in [0.29, 0.717) is 13.2 Å². The minimum atomic E-state index is 0.601. The van der Waals surface area contributed by atoms with E-state index in [2.05, 4.69) is 60.8 Å². The first-order valence-electron chi connectivity index (χ1n) is 9.68. The molecule has 0 saturated heterocycles. The van der Waals surface area contributed by atoms with Crippen LogP contribution in [0.4, 0.5) is 5.69 Å². The summed E-state index contributed by atoms with van der Waals surface area (Å²) < 4.78 is 12.4. The molecular weight excluding hydrogens is 380 g/mol. The van der Waals surface area contributed by atoms with Crippen LogP contribution < -0.4 is 14.8 Å². The van der Waals surface area contributed by atoms with Crippen molar-refractivity contribution in [3.8, 4) is 22.1 Å². The van der Waals surface area contributed by atoms with Crippen LogP contribution in [0.1, 0.15) is 18.1 Å². The molecule has 4 nitrogen and oxygen atoms in total. The molecule has 0 aliphatic heterocycles. The summed E-state index contributed by atoms with van der Waals surface area (Å²) in [6.07, 6.45) is 0. The first-order chi connectivity index (χ1) is 14.2. The van der Waals surface area contributed by atoms with Crippen molar-refractivity contribution in [1.29, 1.82) is 0 Å². The number of para-hydroxylation sites is 1. The van der Waals surface area contributed by atoms with E-state index in [1.54, 1.807) is 18.4 Å². The standard InChI is InChI=1S/C24H24N2O2S/c1-4-28-23-18(6-5-7-21(23)27-3)15-25-19-11-9-17(10-12-19)24-26-20-13-8-16(2)14-22(20)29-24/h5-14,25H,4,15H2,1-3H3. The number of aryl methyl sites for hydroxylation is 1. The molecule has 0 unspecified atom stereocenters. The molecule has 0 aliphatic rings. The monoisotopic (exact) mass is 404 g/mol. The van der Waals surface area contributed by atoms with Crippen LogP contribution in [0.3, 0.4) is 0 Å². The van der Waals surface area contributed by atoms with E-state index in [1.165, 1.54) is 10.3 Å². The van der Waals surface area contributed by atoms with Crippen molar-refractivity contribution in [3.63, 3.8) is 0 Å². The maximum atomic E-state index is 5.79. The number of rotatable bonds is 7. The number of benzene rings is 3. The van der Waals surface area contributed by atoms with E-state index in [9.17, 15) is 0 Å². The van der Waals surface area contributed by atoms with E-state index in [0.717, 1.165) is 38.8 Å². The van der Waals surface area contributed by atoms with E-state index in [-0.39, 0.29) is 0 Å². The van der Waals surface area contributed by atoms with Crippen LogP contribution in [0, 0.1) is 6.92 Å². The third kappa shape index (κ3) is 4.20. The minimum absolute atomic E-state index is 0.601. The molecule has 0 amide bonds. The Morgan fingerprint density at radius 2 is 1.86 bits per heavy atom. The fourth-order valence-corrected chi connectivity index (χ4v) is 4.32. The SMILES string of the molecule is CCOc1c(CNc2ccc(-c3nc4ccc(C)cc4s3)cc2)cccc1OC. The molecule has 0 atom stereocenters. The van der Waals surface area contributed by atoms with Gasteiger partial charge in [0.05, 0.1) is 23.9 Å². The summed E-state index contributed by atoms with van der Waals surface area (Å²) in [4.78, 5) is 4.77. The third-order valence-corrected chi connectivity index (χ3v) is 5.80. The van der Waals surface area contributed by atoms with Crippen LogP contribution in [0.25, 0.3) is 20.8 Å². The van der Waals surface area contributed by atoms with Crippen LogP contribution in [0.2, 0.25) is 0 Å². The third-order valence-electron chi connectivity index (χ3n) is 4.73. The number of hydrogen-bond acceptors (Lipinski definition) is 5. The number of anilines is 1. The molecule has 0 spiro atoms. The van der Waals surface area contributed by atoms with Crippen LogP contribution in [0.5, 0.6) is 11.5 Å². The van der Waals surface area contributed by atoms with Gasteiger partial charge in [-0.1, -0.05) is 18.2 Å². The van der Waals surface area contributed by atoms with Gasteiger partial charge in [0.25, 0.3) is 0 Å². The van der Waals surface area contributed by atoms with Crippen molar-refractivity contribution < 1.29 is 9.47 Å². The number of aromatic nitrogens is 1. The average molecular weight is 405 g/mol. The molecule has 1 aromatic heterocycles. The van der Waals surface area contributed by atoms with Gasteiger partial charge in [-0.25, -0.2) is 4.98 Å². The van der Waals surface area contributed by atoms with Crippen molar-refractivity contribution in [2.45, 2.75) is 20.4 Å². The Morgan fingerprint density at radius 3 is 2.62 bits per heavy atom. The van der Waals surface area contributed by atoms with Gasteiger partial charge in [0.1, 0.15) is 5.01 Å². The van der Waals surface area contributed by atoms with Gasteiger partial charge in [-0.3, -0.25) is 0 Å². The van der Waals surface area contributed by atoms with Crippen molar-refractivity contribution in [3.05, 3.63) is 71.8 Å². The predicted octanol–water partition coefficient (Wildman–Crippen LogP) is 6.29. The van der Waals surface area contributed by atoms with Gasteiger partial charge >= 0.3 is 0 Å². The summed E-state index contributed by atoms with van der Waals surface area (Å²) >= 11 is 1.73. The molecule has 0 bridgehead atoms. The topological polar surface area (TPSA) is 43.4 Å². The highest BCUT2D eigenvalue weighted by atomic mass is 32.1. The highest BCUT2D eigenvalue weighted by Gasteiger charge is 2.10. The second kappa shape index (κ2) is 8.53. The Kier molecular flexibility index (Phi) is 5.67. The highest BCUT2D eigenvalue weighted by Crippen LogP contribution is 2.33. The lowest BCUT2D eigenvalue weighted by Crippen LogP contribution is -2.04. The predicted molar refractivity (Wildman–Crippen MR) is 121 cm³/mol. The zero-order valence-corrected chi connectivity index (χ0v) is 17.7. The summed E-state index contributed by atoms with van der Waals surface area (Å²) in [5, 5.41) is 4.52. The molecule has 1 N–H and O–H groups in total. The second-order valence-corrected chi connectivity index (χ2v) is 7.83. The quantitative estimate of drug-likeness (QED) is 0.393. The summed E-state index contributed by atoms with van der Waals surface area (Å²) in [5.41, 5.74) is 5.56. The largest absolute Gasteiger partial charge is 0.493 e. The van der Waals surface area contributed by atoms with E-state index >= 15 is 0 Å². The van der Waals surface area contributed by atoms with Gasteiger partial charge in [-0.05, 0) is 61.9 Å². The number of thiazole rings is 1. The average Bonchev–Trinajstić information content (AvgIpc) is 3.16. The molecule has 4 rings (SSSR count). The molecular formula is C24H24N2O2S. The molecule has 0 saturated carbocycles. The fraction of sp³-hybridized carbons (Fsp3) is 0.208. The number of nitrogens with zero attached hydrogens (tertiary/aromatic N) is 1. The summed E-state index contributed by atoms with van der Waals surface area (Å²) in [6.45, 7) is 5.35. The van der Waals surface area contributed by atoms with Gasteiger partial charge in [0.15, 0.2) is 11.5 Å². The zero-order chi connectivity index (χ0) is 20.2. The normalized spacial score (nSPS) is 10.9. The minimum Gasteiger partial charge on any atom is -0.493 e. The van der Waals surface area contributed by atoms with Gasteiger partial charge in [-0.2, -0.15) is 0 Å². The van der Waals surface area contributed by atoms with Crippen LogP contribution in [-0.2, 0) is 6.54 Å². The maximum Gasteiger partial charge on any atom is 0.166 e. The lowest BCUT2D eigenvalue weighted by molar-refractivity contribution is 0.308. The molecule has 4 aromatic rings. The van der Waals surface area contributed by atoms with Gasteiger partial charge in [0, 0.05) is 23.4 Å². The lowest BCUT2D eigenvalue weighted by atomic mass is 10.1. The smallest absolute Gasteiger partial charge is 0.166 e. The van der Waals surface area contributed by atoms with Crippen molar-refractivity contribution in [1.82, 2.24) is 4.98 Å². The molecule has 0 radical (unpaired) electrons. The molecule has 0 aliphatic carbocycles. The highest BCUT2D eigenvalue weighted by molar-refractivity contribution is 7.21. The van der Waals surface area contributed by atoms with E-state index in [1.807, 2.05) is 19.1 Å². The Bertz CT molecular complexity index is 1120. The Hall–Kier alpha value is -3.05. The number of ether oxygens (including phenoxy) is 2. The summed E-state index contributed by atoms with van der Waals surface area (Å²) in [7, 11) is 1.66. The molecule has 3 aromatic carbocycles. The number of methoxy groups -OCH3 is 1. The molecule has 29 heavy (non-hydrogen) atoms. The first-order valence-corrected chi connectivity index (χ1v) is 10.5. The van der Waals surface area contributed by atoms with Crippen molar-refractivity contribution in [2.75, 3.05) is 19.0 Å². The van der Waals surface area contributed by atoms with Crippen molar-refractivity contribution in [2.24, 2.45) is 0 Å². The van der Waals surface area contributed by atoms with E-state index in [4.69, 9.17) is 14.5 Å². The summed E-state index contributed by atoms with van der Waals surface area (Å²) in [6, 6.07) is 20.7. The molecule has 5 heteroatoms. The fourth-order valence-electron chi connectivity index (χ4n) is 3.25. The first kappa shape index (κ1) is 19.3. The molecule has 0 fully saturated rings. The van der Waals surface area contributed by atoms with Crippen LogP contribution in [0.15, 0.2) is 60.7 Å². The number of nitrogens with one attached hydrogen (secondary N) is 1. The van der Waals surface area contributed by atoms with E-state index < -0.39 is 0 Å². The van der Waals surface area contributed by atoms with Crippen LogP contribution in [-0.4, -0.2) is 18.7 Å². The Labute approximate surface area is 175 Å². The number of fused-ring (bicyclic) bond motifs is 1. The van der Waals surface area contributed by atoms with Crippen molar-refractivity contribution >= 4 is 27.2 Å². The van der Waals surface area contributed by atoms with Gasteiger partial charge in [0.2, 0.25) is 0 Å². The maximum absolute atomic E-state index is 5.79. The molecule has 1 heterocycles. The Morgan fingerprint density at radius 1 is 1.03 bits per heavy atom. The summed E-state index contributed by atoms with van der Waals surface area (Å²) in [5.74, 6) is 1.55. The second-order valence-electron chi connectivity index (χ2n) is 6.80. The lowest BCUT2D eigenvalue weighted by Gasteiger charge is -2.15. The van der Waals surface area contributed by atoms with Crippen LogP contribution >= 0.6 is 11.3 Å². The Balaban J connectivity index is 1.50.